The summed E-state index contributed by atoms with van der Waals surface area (Å²) in [6, 6.07) is 6.55. The standard InChI is InChI=1S/C17H16ClF3N2/c1-4-10(2)23-16-11(3)12(14-7-5-6-8-22-14)9-13(18)15(16)17(19,20)21/h5-9H,4H2,1-3H3/b23-10-. The Bertz CT molecular complexity index is 738. The predicted octanol–water partition coefficient (Wildman–Crippen LogP) is 6.23. The van der Waals surface area contributed by atoms with Crippen molar-refractivity contribution in [2.75, 3.05) is 0 Å². The van der Waals surface area contributed by atoms with Gasteiger partial charge in [0.1, 0.15) is 5.56 Å². The molecule has 2 aromatic rings. The van der Waals surface area contributed by atoms with Gasteiger partial charge in [-0.05, 0) is 44.0 Å². The second-order valence-electron chi connectivity index (χ2n) is 5.17. The summed E-state index contributed by atoms with van der Waals surface area (Å²) in [5.74, 6) is 0. The molecule has 0 fully saturated rings. The summed E-state index contributed by atoms with van der Waals surface area (Å²) in [5, 5.41) is -0.369. The van der Waals surface area contributed by atoms with E-state index in [9.17, 15) is 13.2 Å². The Morgan fingerprint density at radius 1 is 1.30 bits per heavy atom. The van der Waals surface area contributed by atoms with E-state index >= 15 is 0 Å². The fourth-order valence-corrected chi connectivity index (χ4v) is 2.51. The Balaban J connectivity index is 2.81. The van der Waals surface area contributed by atoms with E-state index in [-0.39, 0.29) is 10.7 Å². The summed E-state index contributed by atoms with van der Waals surface area (Å²) < 4.78 is 40.2. The molecule has 1 aromatic carbocycles. The van der Waals surface area contributed by atoms with Crippen molar-refractivity contribution < 1.29 is 13.2 Å². The maximum atomic E-state index is 13.4. The van der Waals surface area contributed by atoms with Gasteiger partial charge >= 0.3 is 6.18 Å². The minimum absolute atomic E-state index is 0.134. The molecule has 2 nitrogen and oxygen atoms in total. The predicted molar refractivity (Wildman–Crippen MR) is 87.5 cm³/mol. The molecule has 6 heteroatoms. The molecule has 1 aromatic heterocycles. The molecule has 0 aliphatic carbocycles. The van der Waals surface area contributed by atoms with Crippen molar-refractivity contribution in [3.63, 3.8) is 0 Å². The number of hydrogen-bond donors (Lipinski definition) is 0. The Hall–Kier alpha value is -1.88. The summed E-state index contributed by atoms with van der Waals surface area (Å²) in [6.45, 7) is 5.14. The lowest BCUT2D eigenvalue weighted by atomic mass is 9.98. The fraction of sp³-hybridized carbons (Fsp3) is 0.294. The quantitative estimate of drug-likeness (QED) is 0.608. The highest BCUT2D eigenvalue weighted by Gasteiger charge is 2.37. The molecule has 0 atom stereocenters. The third-order valence-corrected chi connectivity index (χ3v) is 3.84. The Kier molecular flexibility index (Phi) is 5.09. The second kappa shape index (κ2) is 6.71. The third kappa shape index (κ3) is 3.72. The molecule has 0 bridgehead atoms. The zero-order valence-electron chi connectivity index (χ0n) is 13.0. The van der Waals surface area contributed by atoms with Crippen LogP contribution < -0.4 is 0 Å². The van der Waals surface area contributed by atoms with E-state index in [0.717, 1.165) is 0 Å². The first-order valence-electron chi connectivity index (χ1n) is 7.11. The summed E-state index contributed by atoms with van der Waals surface area (Å²) in [7, 11) is 0. The van der Waals surface area contributed by atoms with Gasteiger partial charge in [-0.1, -0.05) is 24.6 Å². The van der Waals surface area contributed by atoms with Gasteiger partial charge in [0.25, 0.3) is 0 Å². The Morgan fingerprint density at radius 3 is 2.52 bits per heavy atom. The molecule has 0 N–H and O–H groups in total. The minimum Gasteiger partial charge on any atom is -0.257 e. The van der Waals surface area contributed by atoms with Crippen LogP contribution in [0.5, 0.6) is 0 Å². The van der Waals surface area contributed by atoms with Gasteiger partial charge in [-0.2, -0.15) is 13.2 Å². The van der Waals surface area contributed by atoms with Crippen molar-refractivity contribution in [1.29, 1.82) is 0 Å². The molecule has 0 amide bonds. The molecule has 0 aliphatic heterocycles. The average Bonchev–Trinajstić information content (AvgIpc) is 2.49. The smallest absolute Gasteiger partial charge is 0.257 e. The van der Waals surface area contributed by atoms with Gasteiger partial charge in [-0.15, -0.1) is 0 Å². The average molecular weight is 341 g/mol. The zero-order chi connectivity index (χ0) is 17.2. The van der Waals surface area contributed by atoms with E-state index in [1.54, 1.807) is 38.2 Å². The number of hydrogen-bond acceptors (Lipinski definition) is 2. The van der Waals surface area contributed by atoms with E-state index in [2.05, 4.69) is 9.98 Å². The highest BCUT2D eigenvalue weighted by molar-refractivity contribution is 6.32. The van der Waals surface area contributed by atoms with Crippen LogP contribution >= 0.6 is 11.6 Å². The number of nitrogens with zero attached hydrogens (tertiary/aromatic N) is 2. The molecular formula is C17H16ClF3N2. The van der Waals surface area contributed by atoms with Crippen molar-refractivity contribution in [2.45, 2.75) is 33.4 Å². The molecule has 0 spiro atoms. The van der Waals surface area contributed by atoms with E-state index in [1.165, 1.54) is 6.07 Å². The third-order valence-electron chi connectivity index (χ3n) is 3.54. The molecule has 122 valence electrons. The minimum atomic E-state index is -4.57. The molecule has 23 heavy (non-hydrogen) atoms. The van der Waals surface area contributed by atoms with Gasteiger partial charge in [0.15, 0.2) is 0 Å². The van der Waals surface area contributed by atoms with E-state index in [1.807, 2.05) is 6.92 Å². The van der Waals surface area contributed by atoms with Crippen LogP contribution in [0.4, 0.5) is 18.9 Å². The van der Waals surface area contributed by atoms with Crippen LogP contribution in [0.2, 0.25) is 5.02 Å². The molecule has 0 aliphatic rings. The Labute approximate surface area is 138 Å². The summed E-state index contributed by atoms with van der Waals surface area (Å²) in [6.07, 6.45) is -2.43. The number of aliphatic imine (C=N–C) groups is 1. The van der Waals surface area contributed by atoms with Crippen LogP contribution in [0.15, 0.2) is 35.5 Å². The number of alkyl halides is 3. The van der Waals surface area contributed by atoms with Crippen molar-refractivity contribution in [3.05, 3.63) is 46.6 Å². The summed E-state index contributed by atoms with van der Waals surface area (Å²) >= 11 is 5.95. The van der Waals surface area contributed by atoms with Crippen LogP contribution in [0.25, 0.3) is 11.3 Å². The lowest BCUT2D eigenvalue weighted by molar-refractivity contribution is -0.136. The number of benzene rings is 1. The molecule has 0 saturated carbocycles. The normalized spacial score (nSPS) is 12.6. The molecule has 2 rings (SSSR count). The van der Waals surface area contributed by atoms with Crippen LogP contribution in [0.1, 0.15) is 31.4 Å². The molecule has 0 radical (unpaired) electrons. The first-order valence-corrected chi connectivity index (χ1v) is 7.49. The molecule has 0 unspecified atom stereocenters. The van der Waals surface area contributed by atoms with Crippen molar-refractivity contribution in [1.82, 2.24) is 4.98 Å². The first-order chi connectivity index (χ1) is 10.8. The van der Waals surface area contributed by atoms with E-state index < -0.39 is 11.7 Å². The number of pyridine rings is 1. The maximum Gasteiger partial charge on any atom is 0.419 e. The van der Waals surface area contributed by atoms with Gasteiger partial charge in [0.2, 0.25) is 0 Å². The largest absolute Gasteiger partial charge is 0.419 e. The van der Waals surface area contributed by atoms with Gasteiger partial charge in [0.05, 0.1) is 16.4 Å². The van der Waals surface area contributed by atoms with Crippen LogP contribution in [0.3, 0.4) is 0 Å². The SMILES string of the molecule is CC/C(C)=N\c1c(C)c(-c2ccccn2)cc(Cl)c1C(F)(F)F. The van der Waals surface area contributed by atoms with Crippen molar-refractivity contribution >= 4 is 23.0 Å². The number of aromatic nitrogens is 1. The topological polar surface area (TPSA) is 25.2 Å². The zero-order valence-corrected chi connectivity index (χ0v) is 13.8. The highest BCUT2D eigenvalue weighted by Crippen LogP contribution is 2.46. The fourth-order valence-electron chi connectivity index (χ4n) is 2.20. The molecular weight excluding hydrogens is 325 g/mol. The van der Waals surface area contributed by atoms with Gasteiger partial charge in [0, 0.05) is 17.5 Å². The van der Waals surface area contributed by atoms with Crippen LogP contribution in [0, 0.1) is 6.92 Å². The van der Waals surface area contributed by atoms with E-state index in [0.29, 0.717) is 29.0 Å². The van der Waals surface area contributed by atoms with Gasteiger partial charge < -0.3 is 0 Å². The number of halogens is 4. The van der Waals surface area contributed by atoms with Crippen molar-refractivity contribution in [2.24, 2.45) is 4.99 Å². The Morgan fingerprint density at radius 2 is 2.00 bits per heavy atom. The summed E-state index contributed by atoms with van der Waals surface area (Å²) in [4.78, 5) is 8.37. The van der Waals surface area contributed by atoms with Crippen molar-refractivity contribution in [3.8, 4) is 11.3 Å². The summed E-state index contributed by atoms with van der Waals surface area (Å²) in [5.41, 5.74) is 1.09. The highest BCUT2D eigenvalue weighted by atomic mass is 35.5. The second-order valence-corrected chi connectivity index (χ2v) is 5.58. The lowest BCUT2D eigenvalue weighted by Gasteiger charge is -2.18. The van der Waals surface area contributed by atoms with Gasteiger partial charge in [-0.3, -0.25) is 9.98 Å². The molecule has 1 heterocycles. The van der Waals surface area contributed by atoms with Crippen LogP contribution in [-0.2, 0) is 6.18 Å². The lowest BCUT2D eigenvalue weighted by Crippen LogP contribution is -2.08. The number of rotatable bonds is 3. The van der Waals surface area contributed by atoms with Gasteiger partial charge in [-0.25, -0.2) is 0 Å². The van der Waals surface area contributed by atoms with Crippen LogP contribution in [-0.4, -0.2) is 10.7 Å². The molecule has 0 saturated heterocycles. The maximum absolute atomic E-state index is 13.4. The monoisotopic (exact) mass is 340 g/mol. The van der Waals surface area contributed by atoms with E-state index in [4.69, 9.17) is 11.6 Å². The first kappa shape index (κ1) is 17.5.